The van der Waals surface area contributed by atoms with Gasteiger partial charge >= 0.3 is 0 Å². The van der Waals surface area contributed by atoms with E-state index in [-0.39, 0.29) is 41.1 Å². The number of anilines is 2. The van der Waals surface area contributed by atoms with E-state index in [1.807, 2.05) is 0 Å². The van der Waals surface area contributed by atoms with Crippen LogP contribution in [-0.2, 0) is 24.8 Å². The van der Waals surface area contributed by atoms with E-state index in [0.717, 1.165) is 12.1 Å². The van der Waals surface area contributed by atoms with Crippen LogP contribution in [0.25, 0.3) is 0 Å². The summed E-state index contributed by atoms with van der Waals surface area (Å²) in [5, 5.41) is 2.78. The maximum Gasteiger partial charge on any atom is 0.243 e. The van der Waals surface area contributed by atoms with Gasteiger partial charge < -0.3 is 10.1 Å². The predicted molar refractivity (Wildman–Crippen MR) is 123 cm³/mol. The number of piperidine rings is 1. The molecule has 1 aliphatic heterocycles. The van der Waals surface area contributed by atoms with Crippen molar-refractivity contribution < 1.29 is 30.8 Å². The van der Waals surface area contributed by atoms with Gasteiger partial charge in [0.2, 0.25) is 26.0 Å². The van der Waals surface area contributed by atoms with Gasteiger partial charge in [-0.05, 0) is 56.2 Å². The van der Waals surface area contributed by atoms with Gasteiger partial charge in [-0.1, -0.05) is 0 Å². The second kappa shape index (κ2) is 10.1. The smallest absolute Gasteiger partial charge is 0.243 e. The quantitative estimate of drug-likeness (QED) is 0.576. The summed E-state index contributed by atoms with van der Waals surface area (Å²) in [5.41, 5.74) is 0.689. The van der Waals surface area contributed by atoms with E-state index >= 15 is 0 Å². The van der Waals surface area contributed by atoms with Gasteiger partial charge in [0, 0.05) is 30.8 Å². The van der Waals surface area contributed by atoms with Gasteiger partial charge in [0.05, 0.1) is 23.4 Å². The Hall–Kier alpha value is -2.70. The average molecular weight is 500 g/mol. The van der Waals surface area contributed by atoms with Crippen LogP contribution in [-0.4, -0.2) is 53.0 Å². The summed E-state index contributed by atoms with van der Waals surface area (Å²) in [6, 6.07) is 9.21. The van der Waals surface area contributed by atoms with Crippen molar-refractivity contribution in [3.63, 3.8) is 0 Å². The molecule has 2 N–H and O–H groups in total. The standard InChI is InChI=1S/C21H26FN3O6S2/c1-3-32(27,28)24-19-9-6-17(14-20(19)31-2)23-21(26)15-10-12-25(13-11-15)33(29,30)18-7-4-16(22)5-8-18/h4-9,14-15,24H,3,10-13H2,1-2H3,(H,23,26). The van der Waals surface area contributed by atoms with Crippen molar-refractivity contribution in [3.8, 4) is 5.75 Å². The van der Waals surface area contributed by atoms with Crippen molar-refractivity contribution in [2.75, 3.05) is 36.0 Å². The zero-order valence-electron chi connectivity index (χ0n) is 18.2. The van der Waals surface area contributed by atoms with Crippen LogP contribution in [0.4, 0.5) is 15.8 Å². The normalized spacial score (nSPS) is 15.7. The SMILES string of the molecule is CCS(=O)(=O)Nc1ccc(NC(=O)C2CCN(S(=O)(=O)c3ccc(F)cc3)CC2)cc1OC. The number of methoxy groups -OCH3 is 1. The number of hydrogen-bond donors (Lipinski definition) is 2. The van der Waals surface area contributed by atoms with E-state index in [0.29, 0.717) is 18.5 Å². The Bertz CT molecular complexity index is 1210. The lowest BCUT2D eigenvalue weighted by Gasteiger charge is -2.30. The molecule has 0 bridgehead atoms. The molecule has 1 amide bonds. The lowest BCUT2D eigenvalue weighted by atomic mass is 9.97. The number of carbonyl (C=O) groups excluding carboxylic acids is 1. The predicted octanol–water partition coefficient (Wildman–Crippen LogP) is 2.64. The molecule has 2 aromatic rings. The Balaban J connectivity index is 1.63. The third-order valence-electron chi connectivity index (χ3n) is 5.39. The minimum absolute atomic E-state index is 0.0117. The van der Waals surface area contributed by atoms with Crippen LogP contribution < -0.4 is 14.8 Å². The maximum atomic E-state index is 13.1. The maximum absolute atomic E-state index is 13.1. The van der Waals surface area contributed by atoms with Crippen LogP contribution in [0.5, 0.6) is 5.75 Å². The molecule has 2 aromatic carbocycles. The van der Waals surface area contributed by atoms with Gasteiger partial charge in [0.1, 0.15) is 11.6 Å². The summed E-state index contributed by atoms with van der Waals surface area (Å²) in [4.78, 5) is 12.7. The van der Waals surface area contributed by atoms with Crippen molar-refractivity contribution in [2.24, 2.45) is 5.92 Å². The molecule has 0 radical (unpaired) electrons. The molecule has 3 rings (SSSR count). The first-order valence-corrected chi connectivity index (χ1v) is 13.4. The van der Waals surface area contributed by atoms with Gasteiger partial charge in [-0.3, -0.25) is 9.52 Å². The summed E-state index contributed by atoms with van der Waals surface area (Å²) in [6.45, 7) is 1.84. The first kappa shape index (κ1) is 24.9. The summed E-state index contributed by atoms with van der Waals surface area (Å²) in [7, 11) is -5.85. The lowest BCUT2D eigenvalue weighted by molar-refractivity contribution is -0.120. The van der Waals surface area contributed by atoms with Crippen LogP contribution in [0.2, 0.25) is 0 Å². The monoisotopic (exact) mass is 499 g/mol. The molecule has 0 aromatic heterocycles. The molecule has 1 fully saturated rings. The molecular weight excluding hydrogens is 473 g/mol. The molecule has 1 aliphatic rings. The van der Waals surface area contributed by atoms with E-state index in [1.165, 1.54) is 42.6 Å². The number of benzene rings is 2. The minimum Gasteiger partial charge on any atom is -0.494 e. The highest BCUT2D eigenvalue weighted by Crippen LogP contribution is 2.30. The van der Waals surface area contributed by atoms with Crippen molar-refractivity contribution in [1.29, 1.82) is 0 Å². The molecule has 0 aliphatic carbocycles. The number of sulfonamides is 2. The molecule has 9 nitrogen and oxygen atoms in total. The first-order valence-electron chi connectivity index (χ1n) is 10.3. The largest absolute Gasteiger partial charge is 0.494 e. The van der Waals surface area contributed by atoms with Crippen LogP contribution in [0.3, 0.4) is 0 Å². The van der Waals surface area contributed by atoms with Crippen molar-refractivity contribution >= 4 is 37.3 Å². The van der Waals surface area contributed by atoms with Gasteiger partial charge in [0.15, 0.2) is 0 Å². The Morgan fingerprint density at radius 3 is 2.30 bits per heavy atom. The fourth-order valence-electron chi connectivity index (χ4n) is 3.45. The summed E-state index contributed by atoms with van der Waals surface area (Å²) < 4.78 is 71.1. The van der Waals surface area contributed by atoms with E-state index in [1.54, 1.807) is 6.07 Å². The highest BCUT2D eigenvalue weighted by Gasteiger charge is 2.32. The van der Waals surface area contributed by atoms with E-state index in [2.05, 4.69) is 10.0 Å². The molecule has 0 saturated carbocycles. The van der Waals surface area contributed by atoms with Gasteiger partial charge in [-0.2, -0.15) is 4.31 Å². The Kier molecular flexibility index (Phi) is 7.60. The summed E-state index contributed by atoms with van der Waals surface area (Å²) >= 11 is 0. The Labute approximate surface area is 193 Å². The average Bonchev–Trinajstić information content (AvgIpc) is 2.80. The number of hydrogen-bond acceptors (Lipinski definition) is 6. The molecule has 0 unspecified atom stereocenters. The second-order valence-electron chi connectivity index (χ2n) is 7.54. The molecule has 1 heterocycles. The molecule has 0 atom stereocenters. The zero-order chi connectivity index (χ0) is 24.2. The number of rotatable bonds is 8. The van der Waals surface area contributed by atoms with Crippen LogP contribution in [0, 0.1) is 11.7 Å². The Morgan fingerprint density at radius 2 is 1.73 bits per heavy atom. The minimum atomic E-state index is -3.76. The van der Waals surface area contributed by atoms with E-state index in [9.17, 15) is 26.0 Å². The van der Waals surface area contributed by atoms with Gasteiger partial charge in [-0.25, -0.2) is 21.2 Å². The fourth-order valence-corrected chi connectivity index (χ4v) is 5.57. The van der Waals surface area contributed by atoms with Crippen LogP contribution in [0.15, 0.2) is 47.4 Å². The Morgan fingerprint density at radius 1 is 1.09 bits per heavy atom. The van der Waals surface area contributed by atoms with Gasteiger partial charge in [0.25, 0.3) is 0 Å². The molecule has 1 saturated heterocycles. The molecular formula is C21H26FN3O6S2. The lowest BCUT2D eigenvalue weighted by Crippen LogP contribution is -2.41. The number of amides is 1. The molecule has 12 heteroatoms. The van der Waals surface area contributed by atoms with E-state index in [4.69, 9.17) is 4.74 Å². The molecule has 33 heavy (non-hydrogen) atoms. The number of carbonyl (C=O) groups is 1. The fraction of sp³-hybridized carbons (Fsp3) is 0.381. The van der Waals surface area contributed by atoms with Crippen molar-refractivity contribution in [1.82, 2.24) is 4.31 Å². The number of nitrogens with one attached hydrogen (secondary N) is 2. The summed E-state index contributed by atoms with van der Waals surface area (Å²) in [5.74, 6) is -1.02. The molecule has 180 valence electrons. The molecule has 0 spiro atoms. The van der Waals surface area contributed by atoms with Gasteiger partial charge in [-0.15, -0.1) is 0 Å². The number of nitrogens with zero attached hydrogens (tertiary/aromatic N) is 1. The van der Waals surface area contributed by atoms with Crippen molar-refractivity contribution in [2.45, 2.75) is 24.7 Å². The topological polar surface area (TPSA) is 122 Å². The number of halogens is 1. The first-order chi connectivity index (χ1) is 15.6. The third-order valence-corrected chi connectivity index (χ3v) is 8.59. The second-order valence-corrected chi connectivity index (χ2v) is 11.5. The zero-order valence-corrected chi connectivity index (χ0v) is 19.9. The third kappa shape index (κ3) is 6.01. The van der Waals surface area contributed by atoms with Crippen LogP contribution >= 0.6 is 0 Å². The number of ether oxygens (including phenoxy) is 1. The van der Waals surface area contributed by atoms with Crippen LogP contribution in [0.1, 0.15) is 19.8 Å². The van der Waals surface area contributed by atoms with Crippen molar-refractivity contribution in [3.05, 3.63) is 48.3 Å². The summed E-state index contributed by atoms with van der Waals surface area (Å²) in [6.07, 6.45) is 0.662. The highest BCUT2D eigenvalue weighted by molar-refractivity contribution is 7.92. The van der Waals surface area contributed by atoms with E-state index < -0.39 is 31.8 Å². The highest BCUT2D eigenvalue weighted by atomic mass is 32.2.